The first-order valence-electron chi connectivity index (χ1n) is 5.33. The van der Waals surface area contributed by atoms with Gasteiger partial charge >= 0.3 is 64.9 Å². The Bertz CT molecular complexity index is 644. The summed E-state index contributed by atoms with van der Waals surface area (Å²) in [7, 11) is 3.01. The Morgan fingerprint density at radius 2 is 1.52 bits per heavy atom. The number of methoxy groups -OCH3 is 2. The van der Waals surface area contributed by atoms with Crippen LogP contribution in [0.3, 0.4) is 0 Å². The number of rotatable bonds is 2. The normalized spacial score (nSPS) is 10.3. The molecule has 4 nitrogen and oxygen atoms in total. The fraction of sp³-hybridized carbons (Fsp3) is 0.273. The summed E-state index contributed by atoms with van der Waals surface area (Å²) in [5.74, 6) is 0.638. The molecule has 116 valence electrons. The Morgan fingerprint density at radius 1 is 1.05 bits per heavy atom. The topological polar surface area (TPSA) is 44.2 Å². The summed E-state index contributed by atoms with van der Waals surface area (Å²) < 4.78 is 10.2. The van der Waals surface area contributed by atoms with E-state index in [1.165, 1.54) is 14.2 Å². The molecule has 0 radical (unpaired) electrons. The van der Waals surface area contributed by atoms with Crippen molar-refractivity contribution in [2.75, 3.05) is 14.2 Å². The third-order valence-corrected chi connectivity index (χ3v) is 3.29. The molecule has 0 bridgehead atoms. The molecule has 1 aromatic heterocycles. The molecule has 10 heteroatoms. The Labute approximate surface area is 170 Å². The van der Waals surface area contributed by atoms with Crippen LogP contribution >= 0.6 is 83.1 Å². The fourth-order valence-electron chi connectivity index (χ4n) is 1.53. The molecule has 0 saturated heterocycles. The van der Waals surface area contributed by atoms with Gasteiger partial charge in [0.05, 0.1) is 35.3 Å². The summed E-state index contributed by atoms with van der Waals surface area (Å²) in [5, 5.41) is 0.916. The van der Waals surface area contributed by atoms with Crippen molar-refractivity contribution in [3.8, 4) is 11.8 Å². The van der Waals surface area contributed by atoms with Crippen molar-refractivity contribution in [2.45, 2.75) is 6.92 Å². The van der Waals surface area contributed by atoms with Crippen LogP contribution < -0.4 is 9.47 Å². The van der Waals surface area contributed by atoms with Crippen molar-refractivity contribution < 1.29 is 14.4 Å². The molecular formula is C11H10Cl2I3N2O2V. The molecule has 0 aliphatic rings. The second-order valence-electron chi connectivity index (χ2n) is 3.60. The monoisotopic (exact) mass is 704 g/mol. The van der Waals surface area contributed by atoms with Crippen molar-refractivity contribution in [3.05, 3.63) is 21.7 Å². The van der Waals surface area contributed by atoms with E-state index in [0.717, 1.165) is 5.56 Å². The van der Waals surface area contributed by atoms with E-state index >= 15 is 0 Å². The molecule has 2 aromatic rings. The Balaban J connectivity index is 0.000000491. The first-order valence-corrected chi connectivity index (χ1v) is 19.6. The Morgan fingerprint density at radius 3 is 2.00 bits per heavy atom. The number of halogens is 5. The zero-order valence-electron chi connectivity index (χ0n) is 11.1. The summed E-state index contributed by atoms with van der Waals surface area (Å²) >= 11 is 19.4. The van der Waals surface area contributed by atoms with Gasteiger partial charge in [-0.3, -0.25) is 0 Å². The van der Waals surface area contributed by atoms with Crippen LogP contribution in [0.2, 0.25) is 10.0 Å². The molecule has 0 saturated carbocycles. The molecule has 0 spiro atoms. The van der Waals surface area contributed by atoms with E-state index in [0.29, 0.717) is 32.8 Å². The zero-order valence-corrected chi connectivity index (χ0v) is 20.5. The van der Waals surface area contributed by atoms with Crippen LogP contribution in [0.15, 0.2) is 6.07 Å². The minimum atomic E-state index is -0.278. The molecule has 0 N–H and O–H groups in total. The zero-order chi connectivity index (χ0) is 16.2. The van der Waals surface area contributed by atoms with Crippen LogP contribution in [0, 0.1) is 6.92 Å². The molecular weight excluding hydrogens is 695 g/mol. The van der Waals surface area contributed by atoms with Crippen molar-refractivity contribution in [3.63, 3.8) is 0 Å². The van der Waals surface area contributed by atoms with E-state index < -0.39 is 0 Å². The van der Waals surface area contributed by atoms with Gasteiger partial charge in [-0.05, 0) is 18.6 Å². The quantitative estimate of drug-likeness (QED) is 0.365. The molecule has 1 heterocycles. The van der Waals surface area contributed by atoms with Gasteiger partial charge in [0.25, 0.3) is 11.8 Å². The Kier molecular flexibility index (Phi) is 9.52. The average Bonchev–Trinajstić information content (AvgIpc) is 2.43. The predicted molar refractivity (Wildman–Crippen MR) is 109 cm³/mol. The first kappa shape index (κ1) is 20.6. The van der Waals surface area contributed by atoms with Gasteiger partial charge in [-0.2, -0.15) is 0 Å². The van der Waals surface area contributed by atoms with Crippen molar-refractivity contribution >= 4 is 94.2 Å². The summed E-state index contributed by atoms with van der Waals surface area (Å²) in [6, 6.07) is 1.65. The number of hydrogen-bond acceptors (Lipinski definition) is 4. The predicted octanol–water partition coefficient (Wildman–Crippen LogP) is 5.92. The maximum absolute atomic E-state index is 6.05. The second-order valence-corrected chi connectivity index (χ2v) is 39.8. The Hall–Kier alpha value is 1.51. The third-order valence-electron chi connectivity index (χ3n) is 2.41. The van der Waals surface area contributed by atoms with Crippen LogP contribution in [0.5, 0.6) is 11.8 Å². The number of fused-ring (bicyclic) bond motifs is 1. The minimum absolute atomic E-state index is 0.278. The number of aryl methyl sites for hydroxylation is 1. The SMILES string of the molecule is COc1nc2cc(Cl)c(Cl)c(C)c2nc1OC.[I][V]([I])[I]. The van der Waals surface area contributed by atoms with Crippen molar-refractivity contribution in [1.82, 2.24) is 9.97 Å². The van der Waals surface area contributed by atoms with Crippen LogP contribution in [0.1, 0.15) is 5.56 Å². The average molecular weight is 705 g/mol. The number of ether oxygens (including phenoxy) is 2. The van der Waals surface area contributed by atoms with Crippen LogP contribution in [0.4, 0.5) is 0 Å². The van der Waals surface area contributed by atoms with Crippen LogP contribution in [-0.2, 0) is 4.92 Å². The van der Waals surface area contributed by atoms with Gasteiger partial charge in [0.2, 0.25) is 0 Å². The van der Waals surface area contributed by atoms with Crippen LogP contribution in [0.25, 0.3) is 11.0 Å². The van der Waals surface area contributed by atoms with Gasteiger partial charge in [0, 0.05) is 0 Å². The summed E-state index contributed by atoms with van der Waals surface area (Å²) in [4.78, 5) is 8.31. The van der Waals surface area contributed by atoms with Gasteiger partial charge in [-0.25, -0.2) is 9.97 Å². The van der Waals surface area contributed by atoms with E-state index in [9.17, 15) is 0 Å². The molecule has 0 aliphatic heterocycles. The van der Waals surface area contributed by atoms with Gasteiger partial charge in [0.15, 0.2) is 0 Å². The molecule has 0 unspecified atom stereocenters. The van der Waals surface area contributed by atoms with E-state index in [1.54, 1.807) is 6.07 Å². The van der Waals surface area contributed by atoms with E-state index in [4.69, 9.17) is 32.7 Å². The van der Waals surface area contributed by atoms with E-state index in [-0.39, 0.29) is 4.92 Å². The summed E-state index contributed by atoms with van der Waals surface area (Å²) in [6.45, 7) is 1.83. The van der Waals surface area contributed by atoms with Crippen LogP contribution in [-0.4, -0.2) is 24.2 Å². The maximum atomic E-state index is 6.05. The second kappa shape index (κ2) is 9.72. The fourth-order valence-corrected chi connectivity index (χ4v) is 1.91. The molecule has 21 heavy (non-hydrogen) atoms. The van der Waals surface area contributed by atoms with E-state index in [2.05, 4.69) is 69.9 Å². The summed E-state index contributed by atoms with van der Waals surface area (Å²) in [5.41, 5.74) is 2.04. The van der Waals surface area contributed by atoms with Gasteiger partial charge in [0.1, 0.15) is 0 Å². The molecule has 2 rings (SSSR count). The van der Waals surface area contributed by atoms with Gasteiger partial charge in [-0.15, -0.1) is 0 Å². The number of benzene rings is 1. The number of hydrogen-bond donors (Lipinski definition) is 0. The standard InChI is InChI=1S/C11H10Cl2N2O2.3HI.V/c1-5-8(13)6(12)4-7-9(5)15-11(17-3)10(14-7)16-2;;;;/h4H,1-3H3;3*1H;/q;;;;+3/p-3. The molecule has 0 amide bonds. The summed E-state index contributed by atoms with van der Waals surface area (Å²) in [6.07, 6.45) is 0. The first-order chi connectivity index (χ1) is 9.81. The molecule has 0 fully saturated rings. The number of aromatic nitrogens is 2. The van der Waals surface area contributed by atoms with Crippen molar-refractivity contribution in [2.24, 2.45) is 0 Å². The van der Waals surface area contributed by atoms with E-state index in [1.807, 2.05) is 6.92 Å². The van der Waals surface area contributed by atoms with Gasteiger partial charge < -0.3 is 9.47 Å². The van der Waals surface area contributed by atoms with Crippen molar-refractivity contribution in [1.29, 1.82) is 0 Å². The molecule has 0 atom stereocenters. The number of nitrogens with zero attached hydrogens (tertiary/aromatic N) is 2. The molecule has 0 aliphatic carbocycles. The molecule has 1 aromatic carbocycles. The third kappa shape index (κ3) is 5.82. The van der Waals surface area contributed by atoms with Gasteiger partial charge in [-0.1, -0.05) is 23.2 Å².